The lowest BCUT2D eigenvalue weighted by Gasteiger charge is -2.05. The predicted octanol–water partition coefficient (Wildman–Crippen LogP) is 3.03. The van der Waals surface area contributed by atoms with Gasteiger partial charge in [0.2, 0.25) is 0 Å². The van der Waals surface area contributed by atoms with Crippen molar-refractivity contribution in [2.75, 3.05) is 7.11 Å². The van der Waals surface area contributed by atoms with Crippen molar-refractivity contribution in [3.05, 3.63) is 42.0 Å². The molecule has 0 aliphatic rings. The average Bonchev–Trinajstić information content (AvgIpc) is 2.39. The summed E-state index contributed by atoms with van der Waals surface area (Å²) in [5.74, 6) is 0.644. The molecular weight excluding hydrogens is 243 g/mol. The van der Waals surface area contributed by atoms with Crippen molar-refractivity contribution < 1.29 is 9.13 Å². The van der Waals surface area contributed by atoms with E-state index in [2.05, 4.69) is 9.97 Å². The van der Waals surface area contributed by atoms with Gasteiger partial charge >= 0.3 is 0 Å². The molecule has 0 saturated heterocycles. The van der Waals surface area contributed by atoms with Gasteiger partial charge in [0, 0.05) is 23.5 Å². The second kappa shape index (κ2) is 5.10. The number of hydrogen-bond donors (Lipinski definition) is 0. The molecule has 2 aromatic rings. The molecule has 0 N–H and O–H groups in total. The summed E-state index contributed by atoms with van der Waals surface area (Å²) in [6, 6.07) is 4.49. The van der Waals surface area contributed by atoms with Crippen LogP contribution in [0.4, 0.5) is 4.39 Å². The first-order valence-electron chi connectivity index (χ1n) is 4.95. The molecule has 2 rings (SSSR count). The standard InChI is InChI=1S/C12H10ClFN2O/c1-17-11-4-9(2-3-10(11)14)12-15-6-8(5-13)7-16-12/h2-4,6-7H,5H2,1H3. The Morgan fingerprint density at radius 2 is 2.00 bits per heavy atom. The minimum absolute atomic E-state index is 0.174. The first kappa shape index (κ1) is 11.8. The lowest BCUT2D eigenvalue weighted by atomic mass is 10.2. The smallest absolute Gasteiger partial charge is 0.165 e. The van der Waals surface area contributed by atoms with Crippen LogP contribution in [0.25, 0.3) is 11.4 Å². The van der Waals surface area contributed by atoms with Crippen molar-refractivity contribution in [3.63, 3.8) is 0 Å². The molecule has 0 unspecified atom stereocenters. The highest BCUT2D eigenvalue weighted by Gasteiger charge is 2.07. The fourth-order valence-electron chi connectivity index (χ4n) is 1.37. The van der Waals surface area contributed by atoms with Crippen molar-refractivity contribution in [1.82, 2.24) is 9.97 Å². The zero-order valence-electron chi connectivity index (χ0n) is 9.15. The van der Waals surface area contributed by atoms with Gasteiger partial charge in [-0.05, 0) is 18.2 Å². The number of rotatable bonds is 3. The molecule has 0 atom stereocenters. The molecule has 0 aliphatic heterocycles. The molecule has 1 heterocycles. The highest BCUT2D eigenvalue weighted by Crippen LogP contribution is 2.23. The molecule has 0 saturated carbocycles. The summed E-state index contributed by atoms with van der Waals surface area (Å²) in [4.78, 5) is 8.30. The van der Waals surface area contributed by atoms with Crippen molar-refractivity contribution in [3.8, 4) is 17.1 Å². The second-order valence-electron chi connectivity index (χ2n) is 3.40. The maximum atomic E-state index is 13.2. The third kappa shape index (κ3) is 2.53. The molecule has 0 aliphatic carbocycles. The van der Waals surface area contributed by atoms with E-state index in [0.717, 1.165) is 5.56 Å². The minimum Gasteiger partial charge on any atom is -0.494 e. The monoisotopic (exact) mass is 252 g/mol. The fraction of sp³-hybridized carbons (Fsp3) is 0.167. The summed E-state index contributed by atoms with van der Waals surface area (Å²) in [7, 11) is 1.42. The zero-order valence-corrected chi connectivity index (χ0v) is 9.91. The van der Waals surface area contributed by atoms with Gasteiger partial charge in [0.05, 0.1) is 13.0 Å². The van der Waals surface area contributed by atoms with Crippen LogP contribution in [0.2, 0.25) is 0 Å². The van der Waals surface area contributed by atoms with Crippen molar-refractivity contribution in [2.24, 2.45) is 0 Å². The van der Waals surface area contributed by atoms with E-state index in [1.54, 1.807) is 24.5 Å². The minimum atomic E-state index is -0.409. The summed E-state index contributed by atoms with van der Waals surface area (Å²) in [5.41, 5.74) is 1.54. The lowest BCUT2D eigenvalue weighted by molar-refractivity contribution is 0.387. The molecule has 1 aromatic carbocycles. The van der Waals surface area contributed by atoms with Crippen LogP contribution in [0, 0.1) is 5.82 Å². The number of benzene rings is 1. The molecule has 88 valence electrons. The highest BCUT2D eigenvalue weighted by molar-refractivity contribution is 6.17. The first-order chi connectivity index (χ1) is 8.24. The van der Waals surface area contributed by atoms with Crippen molar-refractivity contribution >= 4 is 11.6 Å². The van der Waals surface area contributed by atoms with E-state index in [-0.39, 0.29) is 5.75 Å². The van der Waals surface area contributed by atoms with Crippen LogP contribution < -0.4 is 4.74 Å². The number of alkyl halides is 1. The van der Waals surface area contributed by atoms with E-state index in [4.69, 9.17) is 16.3 Å². The van der Waals surface area contributed by atoms with Crippen LogP contribution in [0.15, 0.2) is 30.6 Å². The summed E-state index contributed by atoms with van der Waals surface area (Å²) < 4.78 is 18.1. The molecule has 0 spiro atoms. The Labute approximate surface area is 103 Å². The van der Waals surface area contributed by atoms with Gasteiger partial charge in [0.15, 0.2) is 17.4 Å². The van der Waals surface area contributed by atoms with Crippen molar-refractivity contribution in [1.29, 1.82) is 0 Å². The molecule has 0 radical (unpaired) electrons. The Kier molecular flexibility index (Phi) is 3.54. The van der Waals surface area contributed by atoms with Gasteiger partial charge in [0.25, 0.3) is 0 Å². The van der Waals surface area contributed by atoms with Crippen LogP contribution in [0.3, 0.4) is 0 Å². The quantitative estimate of drug-likeness (QED) is 0.788. The fourth-order valence-corrected chi connectivity index (χ4v) is 1.51. The van der Waals surface area contributed by atoms with Gasteiger partial charge in [0.1, 0.15) is 0 Å². The first-order valence-corrected chi connectivity index (χ1v) is 5.49. The van der Waals surface area contributed by atoms with E-state index >= 15 is 0 Å². The Hall–Kier alpha value is -1.68. The van der Waals surface area contributed by atoms with Gasteiger partial charge in [-0.25, -0.2) is 14.4 Å². The van der Waals surface area contributed by atoms with Gasteiger partial charge in [-0.15, -0.1) is 11.6 Å². The van der Waals surface area contributed by atoms with E-state index < -0.39 is 5.82 Å². The van der Waals surface area contributed by atoms with Gasteiger partial charge < -0.3 is 4.74 Å². The number of halogens is 2. The summed E-state index contributed by atoms with van der Waals surface area (Å²) in [6.45, 7) is 0. The Balaban J connectivity index is 2.38. The van der Waals surface area contributed by atoms with Crippen molar-refractivity contribution in [2.45, 2.75) is 5.88 Å². The summed E-state index contributed by atoms with van der Waals surface area (Å²) in [6.07, 6.45) is 3.29. The number of hydrogen-bond acceptors (Lipinski definition) is 3. The maximum Gasteiger partial charge on any atom is 0.165 e. The lowest BCUT2D eigenvalue weighted by Crippen LogP contribution is -1.93. The molecule has 5 heteroatoms. The molecule has 3 nitrogen and oxygen atoms in total. The van der Waals surface area contributed by atoms with Crippen LogP contribution in [-0.4, -0.2) is 17.1 Å². The van der Waals surface area contributed by atoms with Crippen LogP contribution in [-0.2, 0) is 5.88 Å². The van der Waals surface area contributed by atoms with Gasteiger partial charge in [-0.1, -0.05) is 0 Å². The third-order valence-corrected chi connectivity index (χ3v) is 2.58. The van der Waals surface area contributed by atoms with E-state index in [1.165, 1.54) is 13.2 Å². The molecule has 0 amide bonds. The number of nitrogens with zero attached hydrogens (tertiary/aromatic N) is 2. The largest absolute Gasteiger partial charge is 0.494 e. The third-order valence-electron chi connectivity index (χ3n) is 2.27. The Morgan fingerprint density at radius 1 is 1.29 bits per heavy atom. The summed E-state index contributed by atoms with van der Waals surface area (Å²) >= 11 is 5.64. The zero-order chi connectivity index (χ0) is 12.3. The number of aromatic nitrogens is 2. The SMILES string of the molecule is COc1cc(-c2ncc(CCl)cn2)ccc1F. The highest BCUT2D eigenvalue weighted by atomic mass is 35.5. The van der Waals surface area contributed by atoms with Crippen LogP contribution in [0.5, 0.6) is 5.75 Å². The average molecular weight is 253 g/mol. The molecule has 0 fully saturated rings. The second-order valence-corrected chi connectivity index (χ2v) is 3.67. The number of ether oxygens (including phenoxy) is 1. The maximum absolute atomic E-state index is 13.2. The number of methoxy groups -OCH3 is 1. The van der Waals surface area contributed by atoms with Crippen LogP contribution in [0.1, 0.15) is 5.56 Å². The van der Waals surface area contributed by atoms with E-state index in [0.29, 0.717) is 17.3 Å². The Morgan fingerprint density at radius 3 is 2.59 bits per heavy atom. The van der Waals surface area contributed by atoms with Gasteiger partial charge in [-0.2, -0.15) is 0 Å². The molecule has 1 aromatic heterocycles. The van der Waals surface area contributed by atoms with E-state index in [9.17, 15) is 4.39 Å². The van der Waals surface area contributed by atoms with E-state index in [1.807, 2.05) is 0 Å². The van der Waals surface area contributed by atoms with Gasteiger partial charge in [-0.3, -0.25) is 0 Å². The Bertz CT molecular complexity index is 516. The van der Waals surface area contributed by atoms with Crippen LogP contribution >= 0.6 is 11.6 Å². The molecule has 17 heavy (non-hydrogen) atoms. The topological polar surface area (TPSA) is 35.0 Å². The normalized spacial score (nSPS) is 10.3. The predicted molar refractivity (Wildman–Crippen MR) is 63.5 cm³/mol. The summed E-state index contributed by atoms with van der Waals surface area (Å²) in [5, 5.41) is 0. The molecule has 0 bridgehead atoms. The molecular formula is C12H10ClFN2O.